The monoisotopic (exact) mass is 456 g/mol. The number of nitrogens with one attached hydrogen (secondary N) is 2. The quantitative estimate of drug-likeness (QED) is 0.410. The first-order chi connectivity index (χ1) is 16.5. The number of H-pyrrole nitrogens is 1. The zero-order valence-electron chi connectivity index (χ0n) is 19.5. The predicted octanol–water partition coefficient (Wildman–Crippen LogP) is 5.62. The average Bonchev–Trinajstić information content (AvgIpc) is 3.56. The first kappa shape index (κ1) is 21.3. The van der Waals surface area contributed by atoms with Crippen LogP contribution in [-0.2, 0) is 6.42 Å². The van der Waals surface area contributed by atoms with Crippen LogP contribution in [0.4, 0.5) is 4.39 Å². The Labute approximate surface area is 198 Å². The summed E-state index contributed by atoms with van der Waals surface area (Å²) in [5.41, 5.74) is 4.60. The van der Waals surface area contributed by atoms with Crippen LogP contribution >= 0.6 is 0 Å². The van der Waals surface area contributed by atoms with Crippen molar-refractivity contribution in [1.82, 2.24) is 20.3 Å². The molecule has 4 aromatic rings. The van der Waals surface area contributed by atoms with Crippen LogP contribution in [0.2, 0.25) is 0 Å². The number of nitrogens with zero attached hydrogens (tertiary/aromatic N) is 2. The number of carbonyl (C=O) groups excluding carboxylic acids is 1. The lowest BCUT2D eigenvalue weighted by Gasteiger charge is -2.32. The largest absolute Gasteiger partial charge is 0.355 e. The van der Waals surface area contributed by atoms with E-state index in [4.69, 9.17) is 4.98 Å². The second kappa shape index (κ2) is 8.19. The zero-order valence-corrected chi connectivity index (χ0v) is 19.5. The highest BCUT2D eigenvalue weighted by Gasteiger charge is 2.48. The maximum atomic E-state index is 14.0. The Kier molecular flexibility index (Phi) is 5.12. The van der Waals surface area contributed by atoms with Crippen LogP contribution in [0.15, 0.2) is 48.7 Å². The number of amides is 1. The van der Waals surface area contributed by atoms with Crippen LogP contribution in [0.25, 0.3) is 21.9 Å². The van der Waals surface area contributed by atoms with Gasteiger partial charge in [0.25, 0.3) is 5.91 Å². The van der Waals surface area contributed by atoms with Crippen LogP contribution in [0, 0.1) is 29.5 Å². The Morgan fingerprint density at radius 1 is 1.12 bits per heavy atom. The molecule has 2 aliphatic rings. The molecule has 4 unspecified atom stereocenters. The van der Waals surface area contributed by atoms with Crippen molar-refractivity contribution < 1.29 is 9.18 Å². The van der Waals surface area contributed by atoms with Gasteiger partial charge >= 0.3 is 0 Å². The number of benzene rings is 2. The average molecular weight is 457 g/mol. The molecule has 2 fully saturated rings. The molecule has 2 aromatic heterocycles. The molecule has 0 spiro atoms. The van der Waals surface area contributed by atoms with Gasteiger partial charge in [0.15, 0.2) is 0 Å². The van der Waals surface area contributed by atoms with Crippen molar-refractivity contribution in [3.63, 3.8) is 0 Å². The van der Waals surface area contributed by atoms with E-state index in [-0.39, 0.29) is 11.7 Å². The lowest BCUT2D eigenvalue weighted by molar-refractivity contribution is 0.0963. The summed E-state index contributed by atoms with van der Waals surface area (Å²) in [6.45, 7) is 2.35. The first-order valence-corrected chi connectivity index (χ1v) is 12.2. The first-order valence-electron chi connectivity index (χ1n) is 12.2. The number of hydrogen-bond donors (Lipinski definition) is 2. The highest BCUT2D eigenvalue weighted by molar-refractivity contribution is 5.97. The third-order valence-electron chi connectivity index (χ3n) is 8.32. The summed E-state index contributed by atoms with van der Waals surface area (Å²) < 4.78 is 14.0. The van der Waals surface area contributed by atoms with Gasteiger partial charge in [-0.25, -0.2) is 9.37 Å². The molecular weight excluding hydrogens is 427 g/mol. The fourth-order valence-corrected chi connectivity index (χ4v) is 6.76. The number of carbonyl (C=O) groups is 1. The Morgan fingerprint density at radius 3 is 2.79 bits per heavy atom. The van der Waals surface area contributed by atoms with Gasteiger partial charge in [-0.3, -0.25) is 9.78 Å². The molecule has 2 heterocycles. The fourth-order valence-electron chi connectivity index (χ4n) is 6.76. The molecule has 6 rings (SSSR count). The van der Waals surface area contributed by atoms with Gasteiger partial charge in [0.2, 0.25) is 0 Å². The number of aromatic amines is 1. The molecular formula is C28H29FN4O. The van der Waals surface area contributed by atoms with Crippen LogP contribution in [-0.4, -0.2) is 27.9 Å². The molecule has 6 heteroatoms. The normalized spacial score (nSPS) is 24.7. The van der Waals surface area contributed by atoms with Gasteiger partial charge in [-0.05, 0) is 96.9 Å². The van der Waals surface area contributed by atoms with E-state index >= 15 is 0 Å². The number of hydrogen-bond acceptors (Lipinski definition) is 3. The molecule has 5 nitrogen and oxygen atoms in total. The highest BCUT2D eigenvalue weighted by atomic mass is 19.1. The Balaban J connectivity index is 1.17. The second-order valence-electron chi connectivity index (χ2n) is 10.2. The summed E-state index contributed by atoms with van der Waals surface area (Å²) in [5.74, 6) is 3.76. The van der Waals surface area contributed by atoms with E-state index in [1.807, 2.05) is 24.4 Å². The van der Waals surface area contributed by atoms with E-state index < -0.39 is 0 Å². The fraction of sp³-hybridized carbons (Fsp3) is 0.393. The smallest absolute Gasteiger partial charge is 0.251 e. The minimum atomic E-state index is -0.190. The molecule has 0 saturated heterocycles. The third kappa shape index (κ3) is 3.56. The number of imidazole rings is 1. The van der Waals surface area contributed by atoms with E-state index in [2.05, 4.69) is 28.3 Å². The van der Waals surface area contributed by atoms with Gasteiger partial charge < -0.3 is 10.3 Å². The molecule has 2 N–H and O–H groups in total. The van der Waals surface area contributed by atoms with Crippen LogP contribution in [0.5, 0.6) is 0 Å². The standard InChI is InChI=1S/C28H29FN4O/c1-15(9-27-32-25-5-3-16(28(34)30-2)13-26(25)33-27)21-11-18-10-17(21)12-22(18)20-7-8-31-24-6-4-19(29)14-23(20)24/h3-8,13-15,17-18,21-22H,9-12H2,1-2H3,(H,30,34)(H,32,33)/t15-,17?,18?,21?,22?/m1/s1. The summed E-state index contributed by atoms with van der Waals surface area (Å²) >= 11 is 0. The van der Waals surface area contributed by atoms with Crippen LogP contribution < -0.4 is 5.32 Å². The zero-order chi connectivity index (χ0) is 23.4. The summed E-state index contributed by atoms with van der Waals surface area (Å²) in [4.78, 5) is 24.6. The Bertz CT molecular complexity index is 1400. The lowest BCUT2D eigenvalue weighted by Crippen LogP contribution is -2.24. The third-order valence-corrected chi connectivity index (χ3v) is 8.32. The summed E-state index contributed by atoms with van der Waals surface area (Å²) in [5, 5.41) is 3.64. The van der Waals surface area contributed by atoms with Crippen molar-refractivity contribution in [2.24, 2.45) is 23.7 Å². The molecule has 1 amide bonds. The highest BCUT2D eigenvalue weighted by Crippen LogP contribution is 2.58. The van der Waals surface area contributed by atoms with Gasteiger partial charge in [-0.2, -0.15) is 0 Å². The maximum absolute atomic E-state index is 14.0. The number of pyridine rings is 1. The van der Waals surface area contributed by atoms with Crippen molar-refractivity contribution in [2.75, 3.05) is 7.05 Å². The van der Waals surface area contributed by atoms with Crippen LogP contribution in [0.3, 0.4) is 0 Å². The molecule has 34 heavy (non-hydrogen) atoms. The molecule has 5 atom stereocenters. The summed E-state index contributed by atoms with van der Waals surface area (Å²) in [7, 11) is 1.64. The SMILES string of the molecule is CNC(=O)c1ccc2[nH]c(C[C@@H](C)C3CC4CC3CC4c3ccnc4ccc(F)cc34)nc2c1. The van der Waals surface area contributed by atoms with Crippen molar-refractivity contribution in [2.45, 2.75) is 38.5 Å². The van der Waals surface area contributed by atoms with Gasteiger partial charge in [-0.15, -0.1) is 0 Å². The molecule has 0 aliphatic heterocycles. The van der Waals surface area contributed by atoms with Crippen molar-refractivity contribution in [3.8, 4) is 0 Å². The lowest BCUT2D eigenvalue weighted by atomic mass is 9.73. The van der Waals surface area contributed by atoms with Crippen molar-refractivity contribution in [1.29, 1.82) is 0 Å². The Morgan fingerprint density at radius 2 is 2.00 bits per heavy atom. The number of aromatic nitrogens is 3. The van der Waals surface area contributed by atoms with E-state index in [1.54, 1.807) is 19.2 Å². The van der Waals surface area contributed by atoms with Crippen molar-refractivity contribution >= 4 is 27.8 Å². The molecule has 2 aromatic carbocycles. The Hall–Kier alpha value is -3.28. The van der Waals surface area contributed by atoms with Gasteiger partial charge in [0, 0.05) is 30.6 Å². The summed E-state index contributed by atoms with van der Waals surface area (Å²) in [6.07, 6.45) is 6.43. The minimum Gasteiger partial charge on any atom is -0.355 e. The molecule has 174 valence electrons. The maximum Gasteiger partial charge on any atom is 0.251 e. The topological polar surface area (TPSA) is 70.7 Å². The number of rotatable bonds is 5. The molecule has 2 saturated carbocycles. The van der Waals surface area contributed by atoms with E-state index in [1.165, 1.54) is 30.9 Å². The minimum absolute atomic E-state index is 0.0962. The van der Waals surface area contributed by atoms with E-state index in [0.29, 0.717) is 35.2 Å². The molecule has 2 bridgehead atoms. The summed E-state index contributed by atoms with van der Waals surface area (Å²) in [6, 6.07) is 12.7. The number of fused-ring (bicyclic) bond motifs is 4. The van der Waals surface area contributed by atoms with Gasteiger partial charge in [0.1, 0.15) is 11.6 Å². The van der Waals surface area contributed by atoms with Crippen molar-refractivity contribution in [3.05, 3.63) is 71.4 Å². The van der Waals surface area contributed by atoms with E-state index in [9.17, 15) is 9.18 Å². The molecule has 0 radical (unpaired) electrons. The van der Waals surface area contributed by atoms with Gasteiger partial charge in [-0.1, -0.05) is 6.92 Å². The van der Waals surface area contributed by atoms with Gasteiger partial charge in [0.05, 0.1) is 16.6 Å². The van der Waals surface area contributed by atoms with Crippen LogP contribution in [0.1, 0.15) is 53.8 Å². The predicted molar refractivity (Wildman–Crippen MR) is 131 cm³/mol. The molecule has 2 aliphatic carbocycles. The number of halogens is 1. The second-order valence-corrected chi connectivity index (χ2v) is 10.2. The van der Waals surface area contributed by atoms with E-state index in [0.717, 1.165) is 34.2 Å².